The molecule has 0 heterocycles. The molecule has 0 saturated heterocycles. The van der Waals surface area contributed by atoms with E-state index in [9.17, 15) is 4.39 Å². The number of nitrogens with zero attached hydrogens (tertiary/aromatic N) is 1. The summed E-state index contributed by atoms with van der Waals surface area (Å²) in [4.78, 5) is 2.10. The van der Waals surface area contributed by atoms with Crippen LogP contribution >= 0.6 is 0 Å². The van der Waals surface area contributed by atoms with Gasteiger partial charge >= 0.3 is 0 Å². The Hall–Kier alpha value is -0.985. The topological polar surface area (TPSA) is 3.24 Å². The summed E-state index contributed by atoms with van der Waals surface area (Å²) in [5.41, 5.74) is 1.05. The molecule has 0 saturated carbocycles. The molecular formula is C9H13BFN. The predicted molar refractivity (Wildman–Crippen MR) is 52.3 cm³/mol. The molecule has 0 aliphatic rings. The molecular weight excluding hydrogens is 152 g/mol. The van der Waals surface area contributed by atoms with Crippen molar-refractivity contribution in [1.82, 2.24) is 0 Å². The Morgan fingerprint density at radius 2 is 1.67 bits per heavy atom. The molecule has 0 amide bonds. The monoisotopic (exact) mass is 165 g/mol. The van der Waals surface area contributed by atoms with Crippen molar-refractivity contribution in [2.75, 3.05) is 11.9 Å². The van der Waals surface area contributed by atoms with Gasteiger partial charge in [-0.2, -0.15) is 0 Å². The average Bonchev–Trinajstić information content (AvgIpc) is 2.04. The molecule has 3 heteroatoms. The maximum atomic E-state index is 12.5. The van der Waals surface area contributed by atoms with E-state index in [1.165, 1.54) is 12.1 Å². The molecule has 1 aromatic rings. The van der Waals surface area contributed by atoms with Crippen LogP contribution in [0.15, 0.2) is 24.3 Å². The van der Waals surface area contributed by atoms with Crippen molar-refractivity contribution in [2.24, 2.45) is 0 Å². The number of hydrogen-bond donors (Lipinski definition) is 0. The van der Waals surface area contributed by atoms with Crippen LogP contribution in [0.25, 0.3) is 0 Å². The van der Waals surface area contributed by atoms with Crippen LogP contribution < -0.4 is 4.81 Å². The third-order valence-corrected chi connectivity index (χ3v) is 2.01. The van der Waals surface area contributed by atoms with Crippen LogP contribution in [0.5, 0.6) is 0 Å². The Morgan fingerprint density at radius 3 is 2.08 bits per heavy atom. The largest absolute Gasteiger partial charge is 0.418 e. The molecule has 1 nitrogen and oxygen atoms in total. The minimum absolute atomic E-state index is 0.184. The van der Waals surface area contributed by atoms with Crippen LogP contribution in [0.4, 0.5) is 10.1 Å². The summed E-state index contributed by atoms with van der Waals surface area (Å²) >= 11 is 0. The zero-order valence-corrected chi connectivity index (χ0v) is 7.71. The first-order chi connectivity index (χ1) is 5.61. The second-order valence-electron chi connectivity index (χ2n) is 3.18. The second-order valence-corrected chi connectivity index (χ2v) is 3.18. The minimum atomic E-state index is -0.184. The summed E-state index contributed by atoms with van der Waals surface area (Å²) in [6, 6.07) is 6.53. The van der Waals surface area contributed by atoms with Crippen molar-refractivity contribution in [1.29, 1.82) is 0 Å². The first-order valence-corrected chi connectivity index (χ1v) is 4.09. The summed E-state index contributed by atoms with van der Waals surface area (Å²) in [6.45, 7) is 4.64. The highest BCUT2D eigenvalue weighted by Crippen LogP contribution is 2.13. The number of hydrogen-bond acceptors (Lipinski definition) is 1. The lowest BCUT2D eigenvalue weighted by molar-refractivity contribution is 0.628. The third kappa shape index (κ3) is 2.00. The molecule has 0 aromatic heterocycles. The van der Waals surface area contributed by atoms with Gasteiger partial charge in [-0.3, -0.25) is 0 Å². The van der Waals surface area contributed by atoms with Crippen LogP contribution in [-0.4, -0.2) is 13.9 Å². The Morgan fingerprint density at radius 1 is 1.17 bits per heavy atom. The molecule has 0 aliphatic heterocycles. The maximum Gasteiger partial charge on any atom is 0.247 e. The van der Waals surface area contributed by atoms with Gasteiger partial charge in [0.15, 0.2) is 0 Å². The van der Waals surface area contributed by atoms with E-state index in [0.717, 1.165) is 5.69 Å². The van der Waals surface area contributed by atoms with Gasteiger partial charge in [0.2, 0.25) is 6.85 Å². The molecule has 0 spiro atoms. The summed E-state index contributed by atoms with van der Waals surface area (Å²) in [5, 5.41) is 0. The highest BCUT2D eigenvalue weighted by molar-refractivity contribution is 6.60. The van der Waals surface area contributed by atoms with Crippen molar-refractivity contribution in [3.63, 3.8) is 0 Å². The molecule has 0 bridgehead atoms. The smallest absolute Gasteiger partial charge is 0.247 e. The molecule has 0 fully saturated rings. The Labute approximate surface area is 73.3 Å². The minimum Gasteiger partial charge on any atom is -0.418 e. The first-order valence-electron chi connectivity index (χ1n) is 4.09. The highest BCUT2D eigenvalue weighted by atomic mass is 19.1. The second kappa shape index (κ2) is 3.61. The van der Waals surface area contributed by atoms with Crippen molar-refractivity contribution >= 4 is 12.5 Å². The van der Waals surface area contributed by atoms with Crippen LogP contribution in [0.2, 0.25) is 13.6 Å². The van der Waals surface area contributed by atoms with E-state index in [2.05, 4.69) is 18.5 Å². The number of anilines is 1. The molecule has 0 aliphatic carbocycles. The molecule has 0 unspecified atom stereocenters. The zero-order valence-electron chi connectivity index (χ0n) is 7.71. The molecule has 1 aromatic carbocycles. The fourth-order valence-corrected chi connectivity index (χ4v) is 0.974. The lowest BCUT2D eigenvalue weighted by atomic mass is 9.66. The Bertz CT molecular complexity index is 245. The van der Waals surface area contributed by atoms with E-state index in [1.807, 2.05) is 7.05 Å². The van der Waals surface area contributed by atoms with Gasteiger partial charge < -0.3 is 4.81 Å². The van der Waals surface area contributed by atoms with Crippen molar-refractivity contribution in [3.05, 3.63) is 30.1 Å². The maximum absolute atomic E-state index is 12.5. The van der Waals surface area contributed by atoms with Crippen LogP contribution in [0.3, 0.4) is 0 Å². The molecule has 0 radical (unpaired) electrons. The predicted octanol–water partition coefficient (Wildman–Crippen LogP) is 2.51. The summed E-state index contributed by atoms with van der Waals surface area (Å²) in [5.74, 6) is -0.184. The molecule has 0 N–H and O–H groups in total. The lowest BCUT2D eigenvalue weighted by Crippen LogP contribution is -2.29. The van der Waals surface area contributed by atoms with Gasteiger partial charge in [-0.1, -0.05) is 13.6 Å². The molecule has 0 atom stereocenters. The van der Waals surface area contributed by atoms with Crippen molar-refractivity contribution in [2.45, 2.75) is 13.6 Å². The van der Waals surface area contributed by atoms with Crippen molar-refractivity contribution < 1.29 is 4.39 Å². The van der Waals surface area contributed by atoms with Gasteiger partial charge in [-0.15, -0.1) is 0 Å². The van der Waals surface area contributed by atoms with Crippen LogP contribution in [-0.2, 0) is 0 Å². The molecule has 12 heavy (non-hydrogen) atoms. The highest BCUT2D eigenvalue weighted by Gasteiger charge is 2.07. The van der Waals surface area contributed by atoms with Crippen molar-refractivity contribution in [3.8, 4) is 0 Å². The van der Waals surface area contributed by atoms with E-state index in [4.69, 9.17) is 0 Å². The van der Waals surface area contributed by atoms with E-state index < -0.39 is 0 Å². The van der Waals surface area contributed by atoms with Gasteiger partial charge in [0.1, 0.15) is 5.82 Å². The molecule has 64 valence electrons. The average molecular weight is 165 g/mol. The number of halogens is 1. The quantitative estimate of drug-likeness (QED) is 0.608. The Kier molecular flexibility index (Phi) is 2.74. The lowest BCUT2D eigenvalue weighted by Gasteiger charge is -2.21. The first kappa shape index (κ1) is 9.11. The van der Waals surface area contributed by atoms with Crippen LogP contribution in [0.1, 0.15) is 0 Å². The standard InChI is InChI=1S/C9H13BFN/c1-10(2)12(3)9-6-4-8(11)5-7-9/h4-7H,1-3H3. The third-order valence-electron chi connectivity index (χ3n) is 2.01. The fraction of sp³-hybridized carbons (Fsp3) is 0.333. The number of rotatable bonds is 2. The normalized spacial score (nSPS) is 9.67. The van der Waals surface area contributed by atoms with E-state index >= 15 is 0 Å². The Balaban J connectivity index is 2.82. The van der Waals surface area contributed by atoms with E-state index in [-0.39, 0.29) is 5.82 Å². The number of benzene rings is 1. The summed E-state index contributed by atoms with van der Waals surface area (Å²) in [6.07, 6.45) is 0. The fourth-order valence-electron chi connectivity index (χ4n) is 0.974. The van der Waals surface area contributed by atoms with E-state index in [0.29, 0.717) is 6.85 Å². The van der Waals surface area contributed by atoms with Gasteiger partial charge in [-0.25, -0.2) is 4.39 Å². The van der Waals surface area contributed by atoms with Crippen LogP contribution in [0, 0.1) is 5.82 Å². The van der Waals surface area contributed by atoms with Gasteiger partial charge in [-0.05, 0) is 31.3 Å². The SMILES string of the molecule is CB(C)N(C)c1ccc(F)cc1. The molecule has 1 rings (SSSR count). The summed E-state index contributed by atoms with van der Waals surface area (Å²) in [7, 11) is 2.00. The van der Waals surface area contributed by atoms with E-state index in [1.54, 1.807) is 12.1 Å². The van der Waals surface area contributed by atoms with Gasteiger partial charge in [0, 0.05) is 5.69 Å². The zero-order chi connectivity index (χ0) is 9.14. The van der Waals surface area contributed by atoms with Gasteiger partial charge in [0.25, 0.3) is 0 Å². The summed E-state index contributed by atoms with van der Waals surface area (Å²) < 4.78 is 12.5. The van der Waals surface area contributed by atoms with Gasteiger partial charge in [0.05, 0.1) is 0 Å².